The molecule has 2 rings (SSSR count). The molecule has 2 amide bonds. The summed E-state index contributed by atoms with van der Waals surface area (Å²) in [5, 5.41) is 27.7. The number of carbonyl (C=O) groups excluding carboxylic acids is 2. The number of thiocarbonyl (C=S) groups is 1. The molecule has 44 heavy (non-hydrogen) atoms. The normalized spacial score (nSPS) is 11.0. The van der Waals surface area contributed by atoms with E-state index in [4.69, 9.17) is 42.0 Å². The first-order valence-electron chi connectivity index (χ1n) is 14.3. The van der Waals surface area contributed by atoms with E-state index in [0.29, 0.717) is 54.0 Å². The summed E-state index contributed by atoms with van der Waals surface area (Å²) in [4.78, 5) is 23.7. The molecule has 0 bridgehead atoms. The van der Waals surface area contributed by atoms with Crippen LogP contribution in [0.1, 0.15) is 65.5 Å². The van der Waals surface area contributed by atoms with E-state index in [9.17, 15) is 9.59 Å². The van der Waals surface area contributed by atoms with Crippen molar-refractivity contribution < 1.29 is 28.5 Å². The smallest absolute Gasteiger partial charge is 0.413 e. The molecule has 2 aromatic carbocycles. The second-order valence-electron chi connectivity index (χ2n) is 11.6. The third-order valence-electron chi connectivity index (χ3n) is 5.29. The number of hydrogen-bond donors (Lipinski definition) is 6. The Morgan fingerprint density at radius 2 is 1.00 bits per heavy atom. The first-order chi connectivity index (χ1) is 20.6. The maximum absolute atomic E-state index is 11.8. The minimum absolute atomic E-state index is 0.0510. The standard InChI is InChI=1S/C31H44N6O6S/c1-30(2,3)42-28(38)36-25(32)21-9-13-23(14-10-21)40-19-7-17-34-27(44)35-18-8-20-41-24-15-11-22(12-16-24)26(33)37-29(39)43-31(4,5)6/h9-16H,7-8,17-20H2,1-6H3,(H2,32,36,38)(H2,33,37,39)(H2,34,35,44). The lowest BCUT2D eigenvalue weighted by atomic mass is 10.2. The monoisotopic (exact) mass is 628 g/mol. The highest BCUT2D eigenvalue weighted by Gasteiger charge is 2.18. The second kappa shape index (κ2) is 17.0. The average molecular weight is 629 g/mol. The van der Waals surface area contributed by atoms with Gasteiger partial charge in [0.05, 0.1) is 13.2 Å². The van der Waals surface area contributed by atoms with Gasteiger partial charge in [-0.25, -0.2) is 9.59 Å². The number of amidine groups is 2. The Labute approximate surface area is 264 Å². The van der Waals surface area contributed by atoms with Gasteiger partial charge in [0, 0.05) is 24.2 Å². The third-order valence-corrected chi connectivity index (χ3v) is 5.58. The van der Waals surface area contributed by atoms with Crippen LogP contribution in [-0.4, -0.2) is 66.5 Å². The number of carbonyl (C=O) groups is 2. The summed E-state index contributed by atoms with van der Waals surface area (Å²) in [5.41, 5.74) is -0.200. The van der Waals surface area contributed by atoms with Gasteiger partial charge < -0.3 is 29.6 Å². The maximum Gasteiger partial charge on any atom is 0.413 e. The Kier molecular flexibility index (Phi) is 13.9. The Bertz CT molecular complexity index is 1170. The van der Waals surface area contributed by atoms with Crippen molar-refractivity contribution in [2.45, 2.75) is 65.6 Å². The van der Waals surface area contributed by atoms with Crippen molar-refractivity contribution in [3.63, 3.8) is 0 Å². The molecule has 0 aliphatic heterocycles. The van der Waals surface area contributed by atoms with Crippen LogP contribution in [0.3, 0.4) is 0 Å². The molecule has 240 valence electrons. The number of hydrogen-bond acceptors (Lipinski definition) is 9. The minimum atomic E-state index is -0.672. The number of rotatable bonds is 12. The fraction of sp³-hybridized carbons (Fsp3) is 0.452. The molecule has 0 saturated heterocycles. The lowest BCUT2D eigenvalue weighted by Crippen LogP contribution is -2.37. The molecule has 0 atom stereocenters. The van der Waals surface area contributed by atoms with Crippen LogP contribution >= 0.6 is 12.2 Å². The van der Waals surface area contributed by atoms with Crippen molar-refractivity contribution in [2.24, 2.45) is 0 Å². The molecule has 0 heterocycles. The van der Waals surface area contributed by atoms with Gasteiger partial charge in [-0.3, -0.25) is 21.5 Å². The predicted molar refractivity (Wildman–Crippen MR) is 174 cm³/mol. The van der Waals surface area contributed by atoms with Crippen molar-refractivity contribution in [3.8, 4) is 11.5 Å². The number of benzene rings is 2. The van der Waals surface area contributed by atoms with Crippen LogP contribution in [0.25, 0.3) is 0 Å². The summed E-state index contributed by atoms with van der Waals surface area (Å²) < 4.78 is 21.8. The zero-order valence-electron chi connectivity index (χ0n) is 26.2. The van der Waals surface area contributed by atoms with Crippen LogP contribution in [0, 0.1) is 10.8 Å². The molecule has 0 fully saturated rings. The Hall–Kier alpha value is -4.39. The molecule has 0 aliphatic rings. The zero-order valence-corrected chi connectivity index (χ0v) is 27.0. The van der Waals surface area contributed by atoms with Crippen LogP contribution in [0.4, 0.5) is 9.59 Å². The summed E-state index contributed by atoms with van der Waals surface area (Å²) >= 11 is 5.31. The van der Waals surface area contributed by atoms with Gasteiger partial charge in [0.1, 0.15) is 34.4 Å². The van der Waals surface area contributed by atoms with Gasteiger partial charge in [0.2, 0.25) is 0 Å². The van der Waals surface area contributed by atoms with Gasteiger partial charge in [0.15, 0.2) is 5.11 Å². The topological polar surface area (TPSA) is 167 Å². The van der Waals surface area contributed by atoms with E-state index >= 15 is 0 Å². The van der Waals surface area contributed by atoms with E-state index in [-0.39, 0.29) is 11.7 Å². The minimum Gasteiger partial charge on any atom is -0.494 e. The largest absolute Gasteiger partial charge is 0.494 e. The molecule has 0 aromatic heterocycles. The maximum atomic E-state index is 11.8. The van der Waals surface area contributed by atoms with Crippen LogP contribution in [0.15, 0.2) is 48.5 Å². The number of alkyl carbamates (subject to hydrolysis) is 2. The fourth-order valence-corrected chi connectivity index (χ4v) is 3.59. The predicted octanol–water partition coefficient (Wildman–Crippen LogP) is 5.09. The van der Waals surface area contributed by atoms with Crippen molar-refractivity contribution >= 4 is 41.2 Å². The van der Waals surface area contributed by atoms with E-state index in [1.807, 2.05) is 0 Å². The van der Waals surface area contributed by atoms with Crippen LogP contribution in [-0.2, 0) is 9.47 Å². The molecule has 0 aliphatic carbocycles. The van der Waals surface area contributed by atoms with Gasteiger partial charge >= 0.3 is 12.2 Å². The average Bonchev–Trinajstić information content (AvgIpc) is 2.91. The van der Waals surface area contributed by atoms with Crippen LogP contribution < -0.4 is 30.7 Å². The van der Waals surface area contributed by atoms with Gasteiger partial charge in [-0.1, -0.05) is 0 Å². The van der Waals surface area contributed by atoms with E-state index < -0.39 is 23.4 Å². The first-order valence-corrected chi connectivity index (χ1v) is 14.7. The van der Waals surface area contributed by atoms with Crippen molar-refractivity contribution in [1.29, 1.82) is 10.8 Å². The summed E-state index contributed by atoms with van der Waals surface area (Å²) in [6, 6.07) is 13.8. The summed E-state index contributed by atoms with van der Waals surface area (Å²) in [7, 11) is 0. The van der Waals surface area contributed by atoms with Crippen molar-refractivity contribution in [3.05, 3.63) is 59.7 Å². The van der Waals surface area contributed by atoms with E-state index in [1.54, 1.807) is 90.1 Å². The Morgan fingerprint density at radius 3 is 1.32 bits per heavy atom. The molecule has 6 N–H and O–H groups in total. The summed E-state index contributed by atoms with van der Waals surface area (Å²) in [5.74, 6) is 1.21. The third kappa shape index (κ3) is 15.2. The highest BCUT2D eigenvalue weighted by Crippen LogP contribution is 2.14. The SMILES string of the molecule is CC(C)(C)OC(=O)NC(=N)c1ccc(OCCCNC(=S)NCCCOc2ccc(C(=N)NC(=O)OC(C)(C)C)cc2)cc1. The van der Waals surface area contributed by atoms with E-state index in [0.717, 1.165) is 12.8 Å². The quantitative estimate of drug-likeness (QED) is 0.0812. The first kappa shape index (κ1) is 35.8. The lowest BCUT2D eigenvalue weighted by Gasteiger charge is -2.19. The van der Waals surface area contributed by atoms with Crippen LogP contribution in [0.2, 0.25) is 0 Å². The van der Waals surface area contributed by atoms with Gasteiger partial charge in [-0.15, -0.1) is 0 Å². The van der Waals surface area contributed by atoms with Crippen LogP contribution in [0.5, 0.6) is 11.5 Å². The molecule has 12 nitrogen and oxygen atoms in total. The highest BCUT2D eigenvalue weighted by atomic mass is 32.1. The summed E-state index contributed by atoms with van der Waals surface area (Å²) in [6.07, 6.45) is 0.107. The van der Waals surface area contributed by atoms with Crippen molar-refractivity contribution in [2.75, 3.05) is 26.3 Å². The fourth-order valence-electron chi connectivity index (χ4n) is 3.38. The van der Waals surface area contributed by atoms with Gasteiger partial charge in [-0.2, -0.15) is 0 Å². The van der Waals surface area contributed by atoms with E-state index in [2.05, 4.69) is 21.3 Å². The molecule has 0 unspecified atom stereocenters. The van der Waals surface area contributed by atoms with Crippen molar-refractivity contribution in [1.82, 2.24) is 21.3 Å². The Morgan fingerprint density at radius 1 is 0.659 bits per heavy atom. The lowest BCUT2D eigenvalue weighted by molar-refractivity contribution is 0.0551. The van der Waals surface area contributed by atoms with Gasteiger partial charge in [0.25, 0.3) is 0 Å². The molecule has 0 saturated carbocycles. The number of nitrogens with one attached hydrogen (secondary N) is 6. The second-order valence-corrected chi connectivity index (χ2v) is 12.0. The summed E-state index contributed by atoms with van der Waals surface area (Å²) in [6.45, 7) is 12.8. The number of amides is 2. The molecule has 0 spiro atoms. The van der Waals surface area contributed by atoms with E-state index in [1.165, 1.54) is 0 Å². The molecule has 2 aromatic rings. The Balaban J connectivity index is 1.55. The molecule has 0 radical (unpaired) electrons. The molecular formula is C31H44N6O6S. The molecular weight excluding hydrogens is 584 g/mol. The highest BCUT2D eigenvalue weighted by molar-refractivity contribution is 7.80. The number of ether oxygens (including phenoxy) is 4. The zero-order chi connectivity index (χ0) is 32.8. The van der Waals surface area contributed by atoms with Gasteiger partial charge in [-0.05, 0) is 115 Å². The molecule has 13 heteroatoms.